The number of amides is 1. The Hall–Kier alpha value is -4.43. The van der Waals surface area contributed by atoms with Gasteiger partial charge < -0.3 is 14.7 Å². The SMILES string of the molecule is Cc1nonc1C(=O)N[C@H](c1nc2c(F)c([C@@H](CC(F)F)c3cnc4ccc(F)cn34)ccc2[nH]1)C1CCC(F)(F)CC1. The van der Waals surface area contributed by atoms with E-state index in [0.717, 1.165) is 6.20 Å². The van der Waals surface area contributed by atoms with E-state index in [2.05, 4.69) is 35.2 Å². The van der Waals surface area contributed by atoms with Crippen LogP contribution in [0.2, 0.25) is 0 Å². The molecular formula is C28H25F6N7O2. The first-order valence-electron chi connectivity index (χ1n) is 13.6. The summed E-state index contributed by atoms with van der Waals surface area (Å²) in [6.45, 7) is 1.51. The van der Waals surface area contributed by atoms with Gasteiger partial charge in [-0.25, -0.2) is 40.9 Å². The predicted molar refractivity (Wildman–Crippen MR) is 140 cm³/mol. The molecule has 15 heteroatoms. The maximum absolute atomic E-state index is 16.2. The quantitative estimate of drug-likeness (QED) is 0.202. The topological polar surface area (TPSA) is 114 Å². The number of imidazole rings is 2. The van der Waals surface area contributed by atoms with Crippen LogP contribution in [0, 0.1) is 24.5 Å². The van der Waals surface area contributed by atoms with Gasteiger partial charge in [-0.15, -0.1) is 0 Å². The molecule has 1 amide bonds. The molecule has 43 heavy (non-hydrogen) atoms. The van der Waals surface area contributed by atoms with Gasteiger partial charge in [0.15, 0.2) is 11.5 Å². The largest absolute Gasteiger partial charge is 0.340 e. The fraction of sp³-hybridized carbons (Fsp3) is 0.393. The Bertz CT molecular complexity index is 1790. The van der Waals surface area contributed by atoms with Crippen LogP contribution in [0.25, 0.3) is 16.7 Å². The monoisotopic (exact) mass is 605 g/mol. The van der Waals surface area contributed by atoms with E-state index in [1.165, 1.54) is 41.8 Å². The zero-order chi connectivity index (χ0) is 30.5. The fourth-order valence-electron chi connectivity index (χ4n) is 5.76. The van der Waals surface area contributed by atoms with E-state index in [1.807, 2.05) is 0 Å². The Morgan fingerprint density at radius 3 is 2.63 bits per heavy atom. The van der Waals surface area contributed by atoms with Crippen molar-refractivity contribution in [3.63, 3.8) is 0 Å². The number of H-pyrrole nitrogens is 1. The van der Waals surface area contributed by atoms with Crippen molar-refractivity contribution in [1.82, 2.24) is 35.0 Å². The van der Waals surface area contributed by atoms with Crippen molar-refractivity contribution in [3.05, 3.63) is 76.8 Å². The number of pyridine rings is 1. The van der Waals surface area contributed by atoms with E-state index in [-0.39, 0.29) is 52.3 Å². The molecule has 1 fully saturated rings. The summed E-state index contributed by atoms with van der Waals surface area (Å²) >= 11 is 0. The third kappa shape index (κ3) is 5.55. The van der Waals surface area contributed by atoms with Crippen molar-refractivity contribution < 1.29 is 35.8 Å². The molecule has 0 radical (unpaired) electrons. The van der Waals surface area contributed by atoms with Crippen molar-refractivity contribution in [2.75, 3.05) is 0 Å². The lowest BCUT2D eigenvalue weighted by atomic mass is 9.81. The molecule has 0 unspecified atom stereocenters. The van der Waals surface area contributed by atoms with Crippen LogP contribution < -0.4 is 5.32 Å². The Morgan fingerprint density at radius 2 is 1.93 bits per heavy atom. The van der Waals surface area contributed by atoms with E-state index < -0.39 is 67.0 Å². The lowest BCUT2D eigenvalue weighted by Gasteiger charge is -2.33. The average Bonchev–Trinajstić information content (AvgIpc) is 3.69. The highest BCUT2D eigenvalue weighted by atomic mass is 19.3. The van der Waals surface area contributed by atoms with Gasteiger partial charge in [-0.1, -0.05) is 11.2 Å². The van der Waals surface area contributed by atoms with Crippen LogP contribution in [0.4, 0.5) is 26.3 Å². The summed E-state index contributed by atoms with van der Waals surface area (Å²) in [5.74, 6) is -6.63. The van der Waals surface area contributed by atoms with Gasteiger partial charge in [0.05, 0.1) is 17.3 Å². The number of benzene rings is 1. The van der Waals surface area contributed by atoms with Gasteiger partial charge in [-0.05, 0) is 54.6 Å². The number of nitrogens with one attached hydrogen (secondary N) is 2. The second-order valence-corrected chi connectivity index (χ2v) is 10.8. The Balaban J connectivity index is 1.40. The first kappa shape index (κ1) is 28.7. The fourth-order valence-corrected chi connectivity index (χ4v) is 5.76. The molecule has 9 nitrogen and oxygen atoms in total. The zero-order valence-electron chi connectivity index (χ0n) is 22.6. The molecular weight excluding hydrogens is 580 g/mol. The number of hydrogen-bond donors (Lipinski definition) is 2. The number of aryl methyl sites for hydroxylation is 1. The van der Waals surface area contributed by atoms with Gasteiger partial charge in [-0.3, -0.25) is 4.79 Å². The highest BCUT2D eigenvalue weighted by Gasteiger charge is 2.40. The standard InChI is InChI=1S/C28H25F6N7O2/c1-13-23(40-43-39-13)27(42)38-24(14-6-8-28(33,34)9-7-14)26-36-18-4-3-16(22(32)25(18)37-26)17(10-20(30)31)19-11-35-21-5-2-15(29)12-41(19)21/h2-5,11-12,14,17,20,24H,6-10H2,1H3,(H,36,37)(H,38,42)/t17-,24+/m1/s1. The van der Waals surface area contributed by atoms with Crippen LogP contribution in [0.3, 0.4) is 0 Å². The highest BCUT2D eigenvalue weighted by Crippen LogP contribution is 2.42. The summed E-state index contributed by atoms with van der Waals surface area (Å²) in [7, 11) is 0. The minimum Gasteiger partial charge on any atom is -0.340 e. The minimum absolute atomic E-state index is 0.0556. The molecule has 1 aromatic carbocycles. The molecule has 1 aliphatic rings. The molecule has 0 aliphatic heterocycles. The van der Waals surface area contributed by atoms with E-state index in [1.54, 1.807) is 0 Å². The maximum atomic E-state index is 16.2. The maximum Gasteiger partial charge on any atom is 0.276 e. The van der Waals surface area contributed by atoms with Crippen LogP contribution in [0.15, 0.2) is 41.3 Å². The number of fused-ring (bicyclic) bond motifs is 2. The molecule has 0 spiro atoms. The van der Waals surface area contributed by atoms with Crippen molar-refractivity contribution in [2.24, 2.45) is 5.92 Å². The summed E-state index contributed by atoms with van der Waals surface area (Å²) in [5.41, 5.74) is 0.475. The molecule has 4 heterocycles. The number of nitrogens with zero attached hydrogens (tertiary/aromatic N) is 5. The average molecular weight is 606 g/mol. The smallest absolute Gasteiger partial charge is 0.276 e. The van der Waals surface area contributed by atoms with Crippen molar-refractivity contribution >= 4 is 22.6 Å². The molecule has 2 N–H and O–H groups in total. The van der Waals surface area contributed by atoms with Crippen LogP contribution in [-0.4, -0.2) is 47.9 Å². The minimum atomic E-state index is -2.84. The second kappa shape index (κ2) is 11.0. The molecule has 1 aliphatic carbocycles. The molecule has 2 atom stereocenters. The number of aromatic amines is 1. The summed E-state index contributed by atoms with van der Waals surface area (Å²) in [5, 5.41) is 9.94. The number of rotatable bonds is 8. The first-order chi connectivity index (χ1) is 20.5. The second-order valence-electron chi connectivity index (χ2n) is 10.8. The summed E-state index contributed by atoms with van der Waals surface area (Å²) < 4.78 is 91.6. The Morgan fingerprint density at radius 1 is 1.16 bits per heavy atom. The number of hydrogen-bond acceptors (Lipinski definition) is 6. The van der Waals surface area contributed by atoms with Crippen LogP contribution in [0.1, 0.15) is 77.3 Å². The molecule has 226 valence electrons. The van der Waals surface area contributed by atoms with Crippen molar-refractivity contribution in [3.8, 4) is 0 Å². The normalized spacial score (nSPS) is 17.1. The summed E-state index contributed by atoms with van der Waals surface area (Å²) in [6.07, 6.45) is -1.90. The van der Waals surface area contributed by atoms with Crippen molar-refractivity contribution in [1.29, 1.82) is 0 Å². The van der Waals surface area contributed by atoms with Gasteiger partial charge in [0.25, 0.3) is 5.91 Å². The molecule has 4 aromatic heterocycles. The van der Waals surface area contributed by atoms with Gasteiger partial charge >= 0.3 is 0 Å². The van der Waals surface area contributed by atoms with E-state index in [0.29, 0.717) is 5.65 Å². The number of alkyl halides is 4. The lowest BCUT2D eigenvalue weighted by Crippen LogP contribution is -2.38. The first-order valence-corrected chi connectivity index (χ1v) is 13.6. The van der Waals surface area contributed by atoms with Gasteiger partial charge in [0, 0.05) is 37.6 Å². The molecule has 1 saturated carbocycles. The number of carbonyl (C=O) groups is 1. The Labute approximate surface area is 239 Å². The van der Waals surface area contributed by atoms with Crippen LogP contribution >= 0.6 is 0 Å². The zero-order valence-corrected chi connectivity index (χ0v) is 22.6. The third-order valence-corrected chi connectivity index (χ3v) is 7.97. The lowest BCUT2D eigenvalue weighted by molar-refractivity contribution is -0.0496. The predicted octanol–water partition coefficient (Wildman–Crippen LogP) is 6.26. The van der Waals surface area contributed by atoms with Crippen LogP contribution in [-0.2, 0) is 0 Å². The number of halogens is 6. The summed E-state index contributed by atoms with van der Waals surface area (Å²) in [4.78, 5) is 24.5. The summed E-state index contributed by atoms with van der Waals surface area (Å²) in [6, 6.07) is 4.42. The molecule has 5 aromatic rings. The van der Waals surface area contributed by atoms with Crippen LogP contribution in [0.5, 0.6) is 0 Å². The van der Waals surface area contributed by atoms with Crippen molar-refractivity contribution in [2.45, 2.75) is 63.3 Å². The van der Waals surface area contributed by atoms with Gasteiger partial charge in [-0.2, -0.15) is 0 Å². The van der Waals surface area contributed by atoms with Gasteiger partial charge in [0.1, 0.15) is 28.5 Å². The number of carbonyl (C=O) groups excluding carboxylic acids is 1. The third-order valence-electron chi connectivity index (χ3n) is 7.97. The molecule has 0 saturated heterocycles. The molecule has 0 bridgehead atoms. The van der Waals surface area contributed by atoms with E-state index >= 15 is 4.39 Å². The molecule has 6 rings (SSSR count). The number of aromatic nitrogens is 6. The highest BCUT2D eigenvalue weighted by molar-refractivity contribution is 5.93. The van der Waals surface area contributed by atoms with Gasteiger partial charge in [0.2, 0.25) is 12.3 Å². The van der Waals surface area contributed by atoms with E-state index in [9.17, 15) is 26.7 Å². The van der Waals surface area contributed by atoms with E-state index in [4.69, 9.17) is 0 Å². The Kier molecular flexibility index (Phi) is 7.34.